The number of hydrogen-bond acceptors (Lipinski definition) is 4. The first-order chi connectivity index (χ1) is 4.85. The second kappa shape index (κ2) is 6.64. The summed E-state index contributed by atoms with van der Waals surface area (Å²) < 4.78 is 4.74. The highest BCUT2D eigenvalue weighted by molar-refractivity contribution is 4.63. The molecule has 0 saturated carbocycles. The van der Waals surface area contributed by atoms with Crippen LogP contribution in [0.1, 0.15) is 12.8 Å². The summed E-state index contributed by atoms with van der Waals surface area (Å²) in [5.74, 6) is 0. The van der Waals surface area contributed by atoms with Crippen molar-refractivity contribution >= 4 is 0 Å². The van der Waals surface area contributed by atoms with Gasteiger partial charge in [-0.15, -0.1) is 0 Å². The Kier molecular flexibility index (Phi) is 6.32. The number of ether oxygens (including phenoxy) is 1. The Bertz CT molecular complexity index is 87.1. The van der Waals surface area contributed by atoms with Crippen molar-refractivity contribution in [3.63, 3.8) is 0 Å². The van der Waals surface area contributed by atoms with Crippen LogP contribution in [-0.2, 0) is 4.74 Å². The third-order valence-electron chi connectivity index (χ3n) is 1.27. The molecule has 0 aliphatic carbocycles. The zero-order valence-electron chi connectivity index (χ0n) is 6.12. The minimum atomic E-state index is -0.287. The topological polar surface area (TPSA) is 58.9 Å². The first kappa shape index (κ1) is 9.52. The average molecular weight is 147 g/mol. The van der Waals surface area contributed by atoms with Gasteiger partial charge in [0, 0.05) is 20.3 Å². The maximum Gasteiger partial charge on any atom is 0.0963 e. The fourth-order valence-electron chi connectivity index (χ4n) is 0.653. The van der Waals surface area contributed by atoms with E-state index in [1.165, 1.54) is 0 Å². The number of aliphatic hydroxyl groups excluding tert-OH is 1. The standard InChI is InChI=1S/C6H13NO3/c1-10-5-3-6(7-9)2-4-8/h6,8H,2-5H2,1H3. The van der Waals surface area contributed by atoms with Crippen molar-refractivity contribution in [2.75, 3.05) is 20.3 Å². The number of methoxy groups -OCH3 is 1. The summed E-state index contributed by atoms with van der Waals surface area (Å²) >= 11 is 0. The maximum atomic E-state index is 9.98. The summed E-state index contributed by atoms with van der Waals surface area (Å²) in [6.07, 6.45) is 1.04. The lowest BCUT2D eigenvalue weighted by molar-refractivity contribution is 0.181. The van der Waals surface area contributed by atoms with Crippen molar-refractivity contribution in [1.82, 2.24) is 0 Å². The Morgan fingerprint density at radius 3 is 2.70 bits per heavy atom. The zero-order valence-corrected chi connectivity index (χ0v) is 6.12. The minimum Gasteiger partial charge on any atom is -0.396 e. The van der Waals surface area contributed by atoms with Crippen LogP contribution < -0.4 is 0 Å². The summed E-state index contributed by atoms with van der Waals surface area (Å²) in [6.45, 7) is 0.538. The van der Waals surface area contributed by atoms with Crippen molar-refractivity contribution < 1.29 is 9.84 Å². The molecule has 0 radical (unpaired) electrons. The van der Waals surface area contributed by atoms with Crippen LogP contribution in [-0.4, -0.2) is 31.5 Å². The first-order valence-electron chi connectivity index (χ1n) is 3.27. The summed E-state index contributed by atoms with van der Waals surface area (Å²) in [6, 6.07) is -0.287. The van der Waals surface area contributed by atoms with Crippen LogP contribution >= 0.6 is 0 Å². The van der Waals surface area contributed by atoms with Gasteiger partial charge in [0.2, 0.25) is 0 Å². The third kappa shape index (κ3) is 4.40. The molecule has 0 saturated heterocycles. The van der Waals surface area contributed by atoms with Gasteiger partial charge in [0.25, 0.3) is 0 Å². The number of hydrogen-bond donors (Lipinski definition) is 1. The lowest BCUT2D eigenvalue weighted by Crippen LogP contribution is -2.09. The van der Waals surface area contributed by atoms with Crippen molar-refractivity contribution in [3.05, 3.63) is 4.91 Å². The molecule has 0 fully saturated rings. The molecule has 4 nitrogen and oxygen atoms in total. The lowest BCUT2D eigenvalue weighted by Gasteiger charge is -2.04. The van der Waals surface area contributed by atoms with E-state index in [1.54, 1.807) is 7.11 Å². The second-order valence-corrected chi connectivity index (χ2v) is 2.05. The number of nitroso groups, excluding NO2 is 1. The molecule has 1 N–H and O–H groups in total. The van der Waals surface area contributed by atoms with Crippen molar-refractivity contribution in [2.45, 2.75) is 18.9 Å². The lowest BCUT2D eigenvalue weighted by atomic mass is 10.2. The smallest absolute Gasteiger partial charge is 0.0963 e. The zero-order chi connectivity index (χ0) is 7.82. The Morgan fingerprint density at radius 2 is 2.30 bits per heavy atom. The van der Waals surface area contributed by atoms with Crippen molar-refractivity contribution in [2.24, 2.45) is 5.18 Å². The Morgan fingerprint density at radius 1 is 1.60 bits per heavy atom. The van der Waals surface area contributed by atoms with E-state index in [9.17, 15) is 4.91 Å². The molecule has 0 aromatic heterocycles. The van der Waals surface area contributed by atoms with Crippen LogP contribution in [0.5, 0.6) is 0 Å². The number of nitrogens with zero attached hydrogens (tertiary/aromatic N) is 1. The molecule has 0 aromatic rings. The van der Waals surface area contributed by atoms with Gasteiger partial charge < -0.3 is 9.84 Å². The molecule has 1 atom stereocenters. The molecule has 0 aliphatic rings. The quantitative estimate of drug-likeness (QED) is 0.558. The third-order valence-corrected chi connectivity index (χ3v) is 1.27. The minimum absolute atomic E-state index is 0.0140. The molecule has 0 heterocycles. The first-order valence-corrected chi connectivity index (χ1v) is 3.27. The highest BCUT2D eigenvalue weighted by Gasteiger charge is 2.05. The largest absolute Gasteiger partial charge is 0.396 e. The van der Waals surface area contributed by atoms with Gasteiger partial charge in [-0.3, -0.25) is 0 Å². The van der Waals surface area contributed by atoms with Gasteiger partial charge in [0.05, 0.1) is 6.04 Å². The molecule has 0 spiro atoms. The van der Waals surface area contributed by atoms with Crippen LogP contribution in [0.4, 0.5) is 0 Å². The highest BCUT2D eigenvalue weighted by atomic mass is 16.5. The molecular formula is C6H13NO3. The van der Waals surface area contributed by atoms with Crippen molar-refractivity contribution in [1.29, 1.82) is 0 Å². The predicted octanol–water partition coefficient (Wildman–Crippen LogP) is 0.540. The molecule has 1 unspecified atom stereocenters. The van der Waals surface area contributed by atoms with E-state index in [1.807, 2.05) is 0 Å². The normalized spacial score (nSPS) is 13.0. The Labute approximate surface area is 60.2 Å². The van der Waals surface area contributed by atoms with E-state index in [4.69, 9.17) is 9.84 Å². The molecule has 0 rings (SSSR count). The molecule has 0 aromatic carbocycles. The fraction of sp³-hybridized carbons (Fsp3) is 1.00. The van der Waals surface area contributed by atoms with Gasteiger partial charge in [0.15, 0.2) is 0 Å². The Balaban J connectivity index is 3.29. The molecule has 0 aliphatic heterocycles. The summed E-state index contributed by atoms with van der Waals surface area (Å²) in [5.41, 5.74) is 0. The van der Waals surface area contributed by atoms with Gasteiger partial charge in [-0.1, -0.05) is 5.18 Å². The predicted molar refractivity (Wildman–Crippen MR) is 37.8 cm³/mol. The monoisotopic (exact) mass is 147 g/mol. The number of aliphatic hydroxyl groups is 1. The molecular weight excluding hydrogens is 134 g/mol. The van der Waals surface area contributed by atoms with Gasteiger partial charge in [0.1, 0.15) is 0 Å². The number of rotatable bonds is 6. The summed E-state index contributed by atoms with van der Waals surface area (Å²) in [4.78, 5) is 9.98. The van der Waals surface area contributed by atoms with E-state index < -0.39 is 0 Å². The molecule has 4 heteroatoms. The van der Waals surface area contributed by atoms with Gasteiger partial charge in [-0.05, 0) is 12.8 Å². The SMILES string of the molecule is COCCC(CCO)N=O. The van der Waals surface area contributed by atoms with E-state index >= 15 is 0 Å². The second-order valence-electron chi connectivity index (χ2n) is 2.05. The molecule has 10 heavy (non-hydrogen) atoms. The van der Waals surface area contributed by atoms with E-state index in [2.05, 4.69) is 5.18 Å². The van der Waals surface area contributed by atoms with Gasteiger partial charge in [-0.25, -0.2) is 0 Å². The van der Waals surface area contributed by atoms with Crippen LogP contribution in [0.15, 0.2) is 5.18 Å². The van der Waals surface area contributed by atoms with Crippen LogP contribution in [0.3, 0.4) is 0 Å². The van der Waals surface area contributed by atoms with E-state index in [-0.39, 0.29) is 12.6 Å². The highest BCUT2D eigenvalue weighted by Crippen LogP contribution is 2.01. The summed E-state index contributed by atoms with van der Waals surface area (Å²) in [5, 5.41) is 11.3. The van der Waals surface area contributed by atoms with Crippen molar-refractivity contribution in [3.8, 4) is 0 Å². The molecule has 0 bridgehead atoms. The van der Waals surface area contributed by atoms with Gasteiger partial charge in [-0.2, -0.15) is 4.91 Å². The summed E-state index contributed by atoms with van der Waals surface area (Å²) in [7, 11) is 1.57. The van der Waals surface area contributed by atoms with E-state index in [0.717, 1.165) is 0 Å². The molecule has 0 amide bonds. The Hall–Kier alpha value is -0.480. The van der Waals surface area contributed by atoms with Crippen LogP contribution in [0, 0.1) is 4.91 Å². The van der Waals surface area contributed by atoms with E-state index in [0.29, 0.717) is 19.4 Å². The van der Waals surface area contributed by atoms with Crippen LogP contribution in [0.2, 0.25) is 0 Å². The average Bonchev–Trinajstić information content (AvgIpc) is 1.98. The van der Waals surface area contributed by atoms with Gasteiger partial charge >= 0.3 is 0 Å². The fourth-order valence-corrected chi connectivity index (χ4v) is 0.653. The molecule has 60 valence electrons. The maximum absolute atomic E-state index is 9.98. The van der Waals surface area contributed by atoms with Crippen LogP contribution in [0.25, 0.3) is 0 Å².